The average Bonchev–Trinajstić information content (AvgIpc) is 3.06. The van der Waals surface area contributed by atoms with Crippen LogP contribution in [0.15, 0.2) is 42.5 Å². The molecule has 1 aromatic heterocycles. The van der Waals surface area contributed by atoms with Gasteiger partial charge < -0.3 is 15.0 Å². The largest absolute Gasteiger partial charge is 0.481 e. The zero-order valence-electron chi connectivity index (χ0n) is 17.4. The molecule has 4 rings (SSSR count). The predicted molar refractivity (Wildman–Crippen MR) is 123 cm³/mol. The van der Waals surface area contributed by atoms with Gasteiger partial charge in [0.2, 0.25) is 0 Å². The van der Waals surface area contributed by atoms with Crippen LogP contribution >= 0.6 is 23.2 Å². The Morgan fingerprint density at radius 3 is 2.39 bits per heavy atom. The summed E-state index contributed by atoms with van der Waals surface area (Å²) in [6.45, 7) is 1.86. The maximum absolute atomic E-state index is 13.2. The van der Waals surface area contributed by atoms with E-state index in [-0.39, 0.29) is 5.91 Å². The van der Waals surface area contributed by atoms with Crippen LogP contribution < -0.4 is 5.32 Å². The van der Waals surface area contributed by atoms with Crippen molar-refractivity contribution in [3.05, 3.63) is 69.3 Å². The molecule has 7 heteroatoms. The van der Waals surface area contributed by atoms with Crippen molar-refractivity contribution in [1.82, 2.24) is 9.88 Å². The van der Waals surface area contributed by atoms with Gasteiger partial charge in [-0.3, -0.25) is 9.59 Å². The lowest BCUT2D eigenvalue weighted by Crippen LogP contribution is -2.51. The number of carbonyl (C=O) groups is 2. The SMILES string of the molecule is CCC(C(=O)O)c1ccc(C2(NC(=O)c3cc4c(Cl)c(Cl)ccc4n3C)CCC2)cc1. The standard InChI is InChI=1S/C24H24Cl2N2O3/c1-3-16(23(30)31)14-5-7-15(8-6-14)24(11-4-12-24)27-22(29)20-13-17-19(28(20)2)10-9-18(25)21(17)26/h5-10,13,16H,3-4,11-12H2,1-2H3,(H,27,29)(H,30,31). The van der Waals surface area contributed by atoms with Crippen LogP contribution in [-0.2, 0) is 17.4 Å². The molecule has 2 N–H and O–H groups in total. The number of amides is 1. The van der Waals surface area contributed by atoms with Crippen molar-refractivity contribution in [3.8, 4) is 0 Å². The summed E-state index contributed by atoms with van der Waals surface area (Å²) in [4.78, 5) is 24.7. The van der Waals surface area contributed by atoms with Gasteiger partial charge in [0.25, 0.3) is 5.91 Å². The third-order valence-corrected chi connectivity index (χ3v) is 7.30. The maximum atomic E-state index is 13.2. The Balaban J connectivity index is 1.63. The van der Waals surface area contributed by atoms with E-state index in [0.717, 1.165) is 41.3 Å². The summed E-state index contributed by atoms with van der Waals surface area (Å²) in [6.07, 6.45) is 3.23. The topological polar surface area (TPSA) is 71.3 Å². The fourth-order valence-electron chi connectivity index (χ4n) is 4.45. The van der Waals surface area contributed by atoms with Crippen molar-refractivity contribution in [3.63, 3.8) is 0 Å². The normalized spacial score (nSPS) is 16.0. The Morgan fingerprint density at radius 1 is 1.16 bits per heavy atom. The summed E-state index contributed by atoms with van der Waals surface area (Å²) in [6, 6.07) is 13.0. The molecule has 1 heterocycles. The minimum atomic E-state index is -0.823. The third-order valence-electron chi connectivity index (χ3n) is 6.48. The maximum Gasteiger partial charge on any atom is 0.310 e. The Hall–Kier alpha value is -2.50. The molecule has 1 aliphatic rings. The van der Waals surface area contributed by atoms with Gasteiger partial charge in [-0.1, -0.05) is 54.4 Å². The van der Waals surface area contributed by atoms with Crippen LogP contribution in [-0.4, -0.2) is 21.6 Å². The van der Waals surface area contributed by atoms with E-state index in [1.54, 1.807) is 12.1 Å². The highest BCUT2D eigenvalue weighted by atomic mass is 35.5. The molecular formula is C24H24Cl2N2O3. The number of aliphatic carboxylic acids is 1. The molecule has 0 bridgehead atoms. The zero-order valence-corrected chi connectivity index (χ0v) is 18.9. The molecule has 1 saturated carbocycles. The van der Waals surface area contributed by atoms with Gasteiger partial charge >= 0.3 is 5.97 Å². The monoisotopic (exact) mass is 458 g/mol. The first-order valence-corrected chi connectivity index (χ1v) is 11.1. The summed E-state index contributed by atoms with van der Waals surface area (Å²) >= 11 is 12.5. The minimum absolute atomic E-state index is 0.174. The first-order chi connectivity index (χ1) is 14.8. The number of aryl methyl sites for hydroxylation is 1. The van der Waals surface area contributed by atoms with Crippen LogP contribution in [0.25, 0.3) is 10.9 Å². The Labute approximate surface area is 191 Å². The van der Waals surface area contributed by atoms with E-state index in [0.29, 0.717) is 22.2 Å². The van der Waals surface area contributed by atoms with Crippen LogP contribution in [0.1, 0.15) is 60.1 Å². The summed E-state index contributed by atoms with van der Waals surface area (Å²) < 4.78 is 1.82. The zero-order chi connectivity index (χ0) is 22.3. The number of hydrogen-bond donors (Lipinski definition) is 2. The van der Waals surface area contributed by atoms with E-state index in [2.05, 4.69) is 5.32 Å². The summed E-state index contributed by atoms with van der Waals surface area (Å²) in [5.74, 6) is -1.52. The number of hydrogen-bond acceptors (Lipinski definition) is 2. The molecular weight excluding hydrogens is 435 g/mol. The molecule has 1 fully saturated rings. The second-order valence-electron chi connectivity index (χ2n) is 8.19. The van der Waals surface area contributed by atoms with Crippen molar-refractivity contribution < 1.29 is 14.7 Å². The van der Waals surface area contributed by atoms with Gasteiger partial charge in [-0.05, 0) is 55.0 Å². The molecule has 0 radical (unpaired) electrons. The van der Waals surface area contributed by atoms with Crippen LogP contribution in [0.4, 0.5) is 0 Å². The number of rotatable bonds is 6. The van der Waals surface area contributed by atoms with Gasteiger partial charge in [0.05, 0.1) is 21.5 Å². The molecule has 1 atom stereocenters. The van der Waals surface area contributed by atoms with Crippen molar-refractivity contribution in [2.75, 3.05) is 0 Å². The van der Waals surface area contributed by atoms with Crippen LogP contribution in [0.5, 0.6) is 0 Å². The molecule has 1 unspecified atom stereocenters. The van der Waals surface area contributed by atoms with E-state index in [9.17, 15) is 14.7 Å². The summed E-state index contributed by atoms with van der Waals surface area (Å²) in [7, 11) is 1.83. The van der Waals surface area contributed by atoms with E-state index >= 15 is 0 Å². The van der Waals surface area contributed by atoms with Gasteiger partial charge in [-0.2, -0.15) is 0 Å². The number of nitrogens with zero attached hydrogens (tertiary/aromatic N) is 1. The van der Waals surface area contributed by atoms with Crippen molar-refractivity contribution in [2.24, 2.45) is 7.05 Å². The second-order valence-corrected chi connectivity index (χ2v) is 8.98. The van der Waals surface area contributed by atoms with Crippen LogP contribution in [0.2, 0.25) is 10.0 Å². The van der Waals surface area contributed by atoms with Gasteiger partial charge in [0, 0.05) is 18.0 Å². The summed E-state index contributed by atoms with van der Waals surface area (Å²) in [5, 5.41) is 14.3. The molecule has 1 amide bonds. The Bertz CT molecular complexity index is 1160. The number of halogens is 2. The predicted octanol–water partition coefficient (Wildman–Crippen LogP) is 5.87. The Kier molecular flexibility index (Phi) is 5.75. The van der Waals surface area contributed by atoms with E-state index in [1.807, 2.05) is 48.9 Å². The lowest BCUT2D eigenvalue weighted by molar-refractivity contribution is -0.138. The fourth-order valence-corrected chi connectivity index (χ4v) is 4.83. The smallest absolute Gasteiger partial charge is 0.310 e. The highest BCUT2D eigenvalue weighted by Crippen LogP contribution is 2.42. The molecule has 0 saturated heterocycles. The first-order valence-electron chi connectivity index (χ1n) is 10.4. The van der Waals surface area contributed by atoms with E-state index < -0.39 is 17.4 Å². The number of carboxylic acid groups (broad SMARTS) is 1. The molecule has 2 aromatic carbocycles. The van der Waals surface area contributed by atoms with Gasteiger partial charge in [0.15, 0.2) is 0 Å². The van der Waals surface area contributed by atoms with Gasteiger partial charge in [-0.25, -0.2) is 0 Å². The summed E-state index contributed by atoms with van der Waals surface area (Å²) in [5.41, 5.74) is 2.68. The van der Waals surface area contributed by atoms with Crippen LogP contribution in [0, 0.1) is 0 Å². The molecule has 0 aliphatic heterocycles. The average molecular weight is 459 g/mol. The lowest BCUT2D eigenvalue weighted by Gasteiger charge is -2.43. The van der Waals surface area contributed by atoms with Crippen LogP contribution in [0.3, 0.4) is 0 Å². The molecule has 0 spiro atoms. The first kappa shape index (κ1) is 21.7. The highest BCUT2D eigenvalue weighted by molar-refractivity contribution is 6.45. The third kappa shape index (κ3) is 3.70. The van der Waals surface area contributed by atoms with E-state index in [1.165, 1.54) is 0 Å². The fraction of sp³-hybridized carbons (Fsp3) is 0.333. The second kappa shape index (κ2) is 8.21. The van der Waals surface area contributed by atoms with Crippen molar-refractivity contribution in [1.29, 1.82) is 0 Å². The van der Waals surface area contributed by atoms with Gasteiger partial charge in [0.1, 0.15) is 5.69 Å². The number of fused-ring (bicyclic) bond motifs is 1. The number of nitrogens with one attached hydrogen (secondary N) is 1. The quantitative estimate of drug-likeness (QED) is 0.484. The molecule has 5 nitrogen and oxygen atoms in total. The van der Waals surface area contributed by atoms with E-state index in [4.69, 9.17) is 23.2 Å². The number of aromatic nitrogens is 1. The van der Waals surface area contributed by atoms with Gasteiger partial charge in [-0.15, -0.1) is 0 Å². The molecule has 31 heavy (non-hydrogen) atoms. The van der Waals surface area contributed by atoms with Crippen molar-refractivity contribution in [2.45, 2.75) is 44.1 Å². The van der Waals surface area contributed by atoms with Crippen molar-refractivity contribution >= 4 is 46.0 Å². The molecule has 3 aromatic rings. The minimum Gasteiger partial charge on any atom is -0.481 e. The molecule has 162 valence electrons. The molecule has 1 aliphatic carbocycles. The highest BCUT2D eigenvalue weighted by Gasteiger charge is 2.40. The lowest BCUT2D eigenvalue weighted by atomic mass is 9.71. The Morgan fingerprint density at radius 2 is 1.84 bits per heavy atom. The number of carbonyl (C=O) groups excluding carboxylic acids is 1. The number of carboxylic acids is 1. The number of benzene rings is 2.